The molecule has 2 saturated heterocycles. The van der Waals surface area contributed by atoms with Crippen molar-refractivity contribution in [1.29, 1.82) is 0 Å². The number of piperidine rings is 1. The topological polar surface area (TPSA) is 126 Å². The largest absolute Gasteiger partial charge is 0.453 e. The number of anilines is 1. The van der Waals surface area contributed by atoms with Crippen molar-refractivity contribution in [1.82, 2.24) is 35.1 Å². The molecular formula is C21H28Cl2N8O3S. The second-order valence-electron chi connectivity index (χ2n) is 8.21. The molecule has 1 atom stereocenters. The summed E-state index contributed by atoms with van der Waals surface area (Å²) < 4.78 is 6.46. The molecule has 35 heavy (non-hydrogen) atoms. The van der Waals surface area contributed by atoms with Crippen LogP contribution in [-0.4, -0.2) is 81.9 Å². The summed E-state index contributed by atoms with van der Waals surface area (Å²) >= 11 is 1.55. The maximum absolute atomic E-state index is 13.4. The van der Waals surface area contributed by atoms with Crippen molar-refractivity contribution >= 4 is 58.8 Å². The Labute approximate surface area is 218 Å². The van der Waals surface area contributed by atoms with E-state index in [0.717, 1.165) is 29.9 Å². The monoisotopic (exact) mass is 542 g/mol. The molecule has 0 unspecified atom stereocenters. The number of hydrogen-bond acceptors (Lipinski definition) is 9. The number of likely N-dealkylation sites (tertiary alicyclic amines) is 1. The number of nitrogens with zero attached hydrogens (tertiary/aromatic N) is 5. The summed E-state index contributed by atoms with van der Waals surface area (Å²) in [6, 6.07) is 1.98. The third-order valence-corrected chi connectivity index (χ3v) is 6.91. The number of carbonyl (C=O) groups excluding carboxylic acids is 2. The number of alkyl carbamates (subject to hydrolysis) is 1. The fourth-order valence-electron chi connectivity index (χ4n) is 4.23. The normalized spacial score (nSPS) is 18.0. The lowest BCUT2D eigenvalue weighted by atomic mass is 10.0. The van der Waals surface area contributed by atoms with Crippen molar-refractivity contribution in [3.8, 4) is 11.4 Å². The first-order valence-corrected chi connectivity index (χ1v) is 11.9. The van der Waals surface area contributed by atoms with E-state index in [1.165, 1.54) is 7.11 Å². The minimum atomic E-state index is -0.446. The molecule has 14 heteroatoms. The number of ether oxygens (including phenoxy) is 1. The zero-order valence-electron chi connectivity index (χ0n) is 19.1. The number of fused-ring (bicyclic) bond motifs is 1. The Morgan fingerprint density at radius 2 is 1.97 bits per heavy atom. The fraction of sp³-hybridized carbons (Fsp3) is 0.476. The lowest BCUT2D eigenvalue weighted by Crippen LogP contribution is -2.46. The summed E-state index contributed by atoms with van der Waals surface area (Å²) in [5.74, 6) is 0.974. The van der Waals surface area contributed by atoms with Gasteiger partial charge >= 0.3 is 6.09 Å². The fourth-order valence-corrected chi connectivity index (χ4v) is 5.03. The van der Waals surface area contributed by atoms with Crippen molar-refractivity contribution in [2.45, 2.75) is 31.3 Å². The first-order valence-electron chi connectivity index (χ1n) is 11.0. The zero-order chi connectivity index (χ0) is 22.8. The number of hydrogen-bond donors (Lipinski definition) is 3. The van der Waals surface area contributed by atoms with Crippen LogP contribution in [0.1, 0.15) is 29.8 Å². The van der Waals surface area contributed by atoms with Crippen LogP contribution in [0.4, 0.5) is 10.6 Å². The number of halogens is 2. The molecule has 0 bridgehead atoms. The third-order valence-electron chi connectivity index (χ3n) is 6.02. The summed E-state index contributed by atoms with van der Waals surface area (Å²) in [6.07, 6.45) is 5.49. The minimum Gasteiger partial charge on any atom is -0.453 e. The number of carbonyl (C=O) groups is 2. The van der Waals surface area contributed by atoms with Crippen LogP contribution in [0.25, 0.3) is 16.2 Å². The Hall–Kier alpha value is -2.67. The van der Waals surface area contributed by atoms with E-state index >= 15 is 0 Å². The summed E-state index contributed by atoms with van der Waals surface area (Å²) in [7, 11) is 1.35. The Balaban J connectivity index is 0.00000171. The van der Waals surface area contributed by atoms with Crippen molar-refractivity contribution in [2.24, 2.45) is 0 Å². The number of amides is 2. The van der Waals surface area contributed by atoms with Crippen LogP contribution in [0.3, 0.4) is 0 Å². The molecular weight excluding hydrogens is 515 g/mol. The maximum atomic E-state index is 13.4. The zero-order valence-corrected chi connectivity index (χ0v) is 21.5. The summed E-state index contributed by atoms with van der Waals surface area (Å²) in [4.78, 5) is 36.9. The van der Waals surface area contributed by atoms with Crippen LogP contribution >= 0.6 is 36.2 Å². The van der Waals surface area contributed by atoms with Crippen LogP contribution in [-0.2, 0) is 4.74 Å². The molecule has 3 aromatic rings. The van der Waals surface area contributed by atoms with Gasteiger partial charge in [-0.3, -0.25) is 4.79 Å². The molecule has 0 saturated carbocycles. The Bertz CT molecular complexity index is 1160. The molecule has 0 aromatic carbocycles. The van der Waals surface area contributed by atoms with E-state index in [-0.39, 0.29) is 42.8 Å². The first-order chi connectivity index (χ1) is 16.1. The quantitative estimate of drug-likeness (QED) is 0.448. The molecule has 3 N–H and O–H groups in total. The van der Waals surface area contributed by atoms with E-state index in [9.17, 15) is 9.59 Å². The Morgan fingerprint density at radius 1 is 1.17 bits per heavy atom. The SMILES string of the molecule is COC(=O)NC1CCN(C(=O)c2cc(N[C@@H]3CCNC3)nc(-c3cnn4ccsc34)n2)CC1.Cl.Cl. The molecule has 2 aliphatic heterocycles. The molecule has 0 spiro atoms. The van der Waals surface area contributed by atoms with Gasteiger partial charge in [-0.15, -0.1) is 36.2 Å². The molecule has 5 rings (SSSR count). The molecule has 2 fully saturated rings. The highest BCUT2D eigenvalue weighted by atomic mass is 35.5. The maximum Gasteiger partial charge on any atom is 0.407 e. The van der Waals surface area contributed by atoms with Gasteiger partial charge in [0.2, 0.25) is 0 Å². The number of methoxy groups -OCH3 is 1. The molecule has 11 nitrogen and oxygen atoms in total. The van der Waals surface area contributed by atoms with Crippen molar-refractivity contribution < 1.29 is 14.3 Å². The van der Waals surface area contributed by atoms with Gasteiger partial charge < -0.3 is 25.6 Å². The van der Waals surface area contributed by atoms with Gasteiger partial charge in [-0.2, -0.15) is 5.10 Å². The molecule has 2 amide bonds. The number of thiazole rings is 1. The summed E-state index contributed by atoms with van der Waals surface area (Å²) in [5.41, 5.74) is 1.15. The predicted octanol–water partition coefficient (Wildman–Crippen LogP) is 2.43. The first kappa shape index (κ1) is 26.9. The van der Waals surface area contributed by atoms with Crippen molar-refractivity contribution in [3.63, 3.8) is 0 Å². The van der Waals surface area contributed by atoms with Gasteiger partial charge in [0.15, 0.2) is 5.82 Å². The standard InChI is InChI=1S/C21H26N8O3S.2ClH/c1-32-21(31)25-13-3-6-28(7-4-13)19(30)16-10-17(24-14-2-5-22-11-14)27-18(26-16)15-12-23-29-8-9-33-20(15)29;;/h8-10,12-14,22H,2-7,11H2,1H3,(H,25,31)(H,24,26,27);2*1H/t14-;;/m1../s1. The highest BCUT2D eigenvalue weighted by Crippen LogP contribution is 2.27. The van der Waals surface area contributed by atoms with E-state index in [0.29, 0.717) is 43.3 Å². The van der Waals surface area contributed by atoms with E-state index in [4.69, 9.17) is 4.98 Å². The summed E-state index contributed by atoms with van der Waals surface area (Å²) in [6.45, 7) is 2.87. The molecule has 3 aromatic heterocycles. The van der Waals surface area contributed by atoms with Crippen molar-refractivity contribution in [3.05, 3.63) is 29.5 Å². The lowest BCUT2D eigenvalue weighted by molar-refractivity contribution is 0.0698. The van der Waals surface area contributed by atoms with Gasteiger partial charge in [-0.1, -0.05) is 0 Å². The lowest BCUT2D eigenvalue weighted by Gasteiger charge is -2.32. The highest BCUT2D eigenvalue weighted by Gasteiger charge is 2.27. The van der Waals surface area contributed by atoms with E-state index in [1.807, 2.05) is 11.6 Å². The molecule has 190 valence electrons. The van der Waals surface area contributed by atoms with Gasteiger partial charge in [0, 0.05) is 49.4 Å². The highest BCUT2D eigenvalue weighted by molar-refractivity contribution is 7.16. The summed E-state index contributed by atoms with van der Waals surface area (Å²) in [5, 5.41) is 15.9. The van der Waals surface area contributed by atoms with Crippen LogP contribution < -0.4 is 16.0 Å². The van der Waals surface area contributed by atoms with Gasteiger partial charge in [0.05, 0.1) is 18.9 Å². The molecule has 5 heterocycles. The number of rotatable bonds is 5. The molecule has 0 aliphatic carbocycles. The van der Waals surface area contributed by atoms with Gasteiger partial charge in [0.25, 0.3) is 5.91 Å². The van der Waals surface area contributed by atoms with Crippen LogP contribution in [0.2, 0.25) is 0 Å². The van der Waals surface area contributed by atoms with Gasteiger partial charge in [0.1, 0.15) is 16.3 Å². The van der Waals surface area contributed by atoms with Gasteiger partial charge in [-0.25, -0.2) is 19.3 Å². The Kier molecular flexibility index (Phi) is 9.11. The number of aromatic nitrogens is 4. The minimum absolute atomic E-state index is 0. The van der Waals surface area contributed by atoms with Gasteiger partial charge in [-0.05, 0) is 25.8 Å². The average molecular weight is 543 g/mol. The second kappa shape index (κ2) is 11.8. The van der Waals surface area contributed by atoms with Crippen LogP contribution in [0, 0.1) is 0 Å². The molecule has 0 radical (unpaired) electrons. The average Bonchev–Trinajstić information content (AvgIpc) is 3.58. The van der Waals surface area contributed by atoms with E-state index < -0.39 is 6.09 Å². The predicted molar refractivity (Wildman–Crippen MR) is 138 cm³/mol. The van der Waals surface area contributed by atoms with Crippen LogP contribution in [0.5, 0.6) is 0 Å². The Morgan fingerprint density at radius 3 is 2.69 bits per heavy atom. The second-order valence-corrected chi connectivity index (χ2v) is 9.10. The third kappa shape index (κ3) is 5.95. The van der Waals surface area contributed by atoms with Crippen LogP contribution in [0.15, 0.2) is 23.8 Å². The van der Waals surface area contributed by atoms with E-state index in [1.54, 1.807) is 33.0 Å². The van der Waals surface area contributed by atoms with Crippen molar-refractivity contribution in [2.75, 3.05) is 38.6 Å². The molecule has 2 aliphatic rings. The smallest absolute Gasteiger partial charge is 0.407 e. The number of nitrogens with one attached hydrogen (secondary N) is 3. The van der Waals surface area contributed by atoms with E-state index in [2.05, 4.69) is 30.8 Å².